The van der Waals surface area contributed by atoms with E-state index >= 15 is 0 Å². The standard InChI is InChI=1S/C12H11ClF3N3O4/c13-6-1-2-7(8(17)3-6)10(21)23-4-9(20)19-11(22)18-5-12(14,15)16/h1-3H,4-5,17H2,(H2,18,19,20,22). The zero-order valence-electron chi connectivity index (χ0n) is 11.4. The molecule has 4 N–H and O–H groups in total. The number of nitrogens with one attached hydrogen (secondary N) is 2. The first-order valence-electron chi connectivity index (χ1n) is 5.95. The first-order valence-corrected chi connectivity index (χ1v) is 6.33. The number of halogens is 4. The second-order valence-corrected chi connectivity index (χ2v) is 4.59. The summed E-state index contributed by atoms with van der Waals surface area (Å²) in [7, 11) is 0. The van der Waals surface area contributed by atoms with Gasteiger partial charge in [0.25, 0.3) is 5.91 Å². The predicted molar refractivity (Wildman–Crippen MR) is 73.7 cm³/mol. The summed E-state index contributed by atoms with van der Waals surface area (Å²) >= 11 is 5.65. The van der Waals surface area contributed by atoms with Gasteiger partial charge in [-0.1, -0.05) is 11.6 Å². The Balaban J connectivity index is 2.43. The molecule has 23 heavy (non-hydrogen) atoms. The molecule has 0 unspecified atom stereocenters. The van der Waals surface area contributed by atoms with E-state index in [1.165, 1.54) is 23.5 Å². The number of urea groups is 1. The lowest BCUT2D eigenvalue weighted by Crippen LogP contribution is -2.44. The summed E-state index contributed by atoms with van der Waals surface area (Å²) in [5, 5.41) is 3.27. The molecule has 0 saturated carbocycles. The van der Waals surface area contributed by atoms with Gasteiger partial charge < -0.3 is 15.8 Å². The summed E-state index contributed by atoms with van der Waals surface area (Å²) in [5.74, 6) is -2.06. The van der Waals surface area contributed by atoms with Crippen LogP contribution in [-0.4, -0.2) is 37.2 Å². The van der Waals surface area contributed by atoms with Crippen molar-refractivity contribution < 1.29 is 32.3 Å². The lowest BCUT2D eigenvalue weighted by molar-refractivity contribution is -0.125. The quantitative estimate of drug-likeness (QED) is 0.560. The number of hydrogen-bond acceptors (Lipinski definition) is 5. The van der Waals surface area contributed by atoms with Gasteiger partial charge in [0.2, 0.25) is 0 Å². The molecule has 126 valence electrons. The molecular weight excluding hydrogens is 343 g/mol. The van der Waals surface area contributed by atoms with E-state index in [9.17, 15) is 27.6 Å². The summed E-state index contributed by atoms with van der Waals surface area (Å²) in [4.78, 5) is 33.9. The molecule has 1 aromatic carbocycles. The van der Waals surface area contributed by atoms with Crippen molar-refractivity contribution in [1.29, 1.82) is 0 Å². The van der Waals surface area contributed by atoms with Crippen LogP contribution in [0.1, 0.15) is 10.4 Å². The van der Waals surface area contributed by atoms with Crippen molar-refractivity contribution in [1.82, 2.24) is 10.6 Å². The van der Waals surface area contributed by atoms with E-state index in [4.69, 9.17) is 17.3 Å². The van der Waals surface area contributed by atoms with Gasteiger partial charge in [0.05, 0.1) is 5.56 Å². The van der Waals surface area contributed by atoms with Crippen LogP contribution in [0, 0.1) is 0 Å². The van der Waals surface area contributed by atoms with E-state index in [2.05, 4.69) is 4.74 Å². The number of anilines is 1. The number of benzene rings is 1. The maximum Gasteiger partial charge on any atom is 0.405 e. The molecule has 0 saturated heterocycles. The minimum absolute atomic E-state index is 0.0193. The molecule has 1 aromatic rings. The van der Waals surface area contributed by atoms with Gasteiger partial charge in [0.15, 0.2) is 6.61 Å². The van der Waals surface area contributed by atoms with E-state index < -0.39 is 37.2 Å². The summed E-state index contributed by atoms with van der Waals surface area (Å²) in [6.45, 7) is -2.48. The number of carbonyl (C=O) groups is 3. The van der Waals surface area contributed by atoms with Crippen LogP contribution in [0.3, 0.4) is 0 Å². The van der Waals surface area contributed by atoms with E-state index in [1.807, 2.05) is 0 Å². The predicted octanol–water partition coefficient (Wildman–Crippen LogP) is 1.47. The highest BCUT2D eigenvalue weighted by atomic mass is 35.5. The van der Waals surface area contributed by atoms with Gasteiger partial charge in [0, 0.05) is 10.7 Å². The topological polar surface area (TPSA) is 111 Å². The zero-order valence-corrected chi connectivity index (χ0v) is 12.1. The number of hydrogen-bond donors (Lipinski definition) is 3. The fraction of sp³-hybridized carbons (Fsp3) is 0.250. The third-order valence-corrected chi connectivity index (χ3v) is 2.51. The van der Waals surface area contributed by atoms with Gasteiger partial charge in [-0.3, -0.25) is 10.1 Å². The summed E-state index contributed by atoms with van der Waals surface area (Å²) in [6, 6.07) is 2.57. The van der Waals surface area contributed by atoms with Gasteiger partial charge >= 0.3 is 18.2 Å². The molecule has 0 aromatic heterocycles. The van der Waals surface area contributed by atoms with Crippen molar-refractivity contribution in [2.45, 2.75) is 6.18 Å². The Kier molecular flexibility index (Phi) is 6.19. The Morgan fingerprint density at radius 2 is 1.91 bits per heavy atom. The molecule has 0 bridgehead atoms. The Hall–Kier alpha value is -2.49. The Morgan fingerprint density at radius 1 is 1.26 bits per heavy atom. The Labute approximate surface area is 132 Å². The van der Waals surface area contributed by atoms with E-state index in [-0.39, 0.29) is 16.3 Å². The first-order chi connectivity index (χ1) is 10.6. The number of esters is 1. The van der Waals surface area contributed by atoms with Gasteiger partial charge in [0.1, 0.15) is 6.54 Å². The third-order valence-electron chi connectivity index (χ3n) is 2.27. The maximum absolute atomic E-state index is 11.8. The molecule has 3 amide bonds. The summed E-state index contributed by atoms with van der Waals surface area (Å²) in [6.07, 6.45) is -4.61. The number of alkyl halides is 3. The van der Waals surface area contributed by atoms with Crippen molar-refractivity contribution in [3.05, 3.63) is 28.8 Å². The van der Waals surface area contributed by atoms with Crippen LogP contribution in [0.5, 0.6) is 0 Å². The number of ether oxygens (including phenoxy) is 1. The molecule has 0 fully saturated rings. The SMILES string of the molecule is Nc1cc(Cl)ccc1C(=O)OCC(=O)NC(=O)NCC(F)(F)F. The van der Waals surface area contributed by atoms with Crippen molar-refractivity contribution in [2.24, 2.45) is 0 Å². The number of carbonyl (C=O) groups excluding carboxylic acids is 3. The molecule has 0 aliphatic carbocycles. The summed E-state index contributed by atoms with van der Waals surface area (Å²) in [5.41, 5.74) is 5.50. The van der Waals surface area contributed by atoms with Gasteiger partial charge in [-0.15, -0.1) is 0 Å². The minimum atomic E-state index is -4.61. The Morgan fingerprint density at radius 3 is 2.48 bits per heavy atom. The lowest BCUT2D eigenvalue weighted by atomic mass is 10.2. The molecule has 0 aliphatic rings. The maximum atomic E-state index is 11.8. The number of imide groups is 1. The van der Waals surface area contributed by atoms with Crippen LogP contribution in [0.2, 0.25) is 5.02 Å². The van der Waals surface area contributed by atoms with Crippen LogP contribution < -0.4 is 16.4 Å². The van der Waals surface area contributed by atoms with Crippen LogP contribution in [0.4, 0.5) is 23.7 Å². The smallest absolute Gasteiger partial charge is 0.405 e. The molecule has 0 atom stereocenters. The van der Waals surface area contributed by atoms with Crippen LogP contribution >= 0.6 is 11.6 Å². The molecule has 0 radical (unpaired) electrons. The molecule has 7 nitrogen and oxygen atoms in total. The normalized spacial score (nSPS) is 10.8. The summed E-state index contributed by atoms with van der Waals surface area (Å²) < 4.78 is 40.1. The Bertz CT molecular complexity index is 622. The highest BCUT2D eigenvalue weighted by Gasteiger charge is 2.28. The highest BCUT2D eigenvalue weighted by molar-refractivity contribution is 6.31. The molecular formula is C12H11ClF3N3O4. The van der Waals surface area contributed by atoms with Crippen LogP contribution in [0.15, 0.2) is 18.2 Å². The zero-order chi connectivity index (χ0) is 17.6. The third kappa shape index (κ3) is 6.87. The van der Waals surface area contributed by atoms with Gasteiger partial charge in [-0.05, 0) is 18.2 Å². The van der Waals surface area contributed by atoms with E-state index in [0.717, 1.165) is 0 Å². The molecule has 0 spiro atoms. The number of nitrogens with two attached hydrogens (primary N) is 1. The van der Waals surface area contributed by atoms with Crippen LogP contribution in [-0.2, 0) is 9.53 Å². The van der Waals surface area contributed by atoms with Gasteiger partial charge in [-0.2, -0.15) is 13.2 Å². The average molecular weight is 354 g/mol. The minimum Gasteiger partial charge on any atom is -0.452 e. The number of nitrogen functional groups attached to an aromatic ring is 1. The fourth-order valence-electron chi connectivity index (χ4n) is 1.32. The van der Waals surface area contributed by atoms with Crippen molar-refractivity contribution in [2.75, 3.05) is 18.9 Å². The van der Waals surface area contributed by atoms with Crippen molar-refractivity contribution >= 4 is 35.2 Å². The molecule has 11 heteroatoms. The molecule has 0 aliphatic heterocycles. The van der Waals surface area contributed by atoms with E-state index in [1.54, 1.807) is 5.32 Å². The number of amides is 3. The average Bonchev–Trinajstić information content (AvgIpc) is 2.42. The van der Waals surface area contributed by atoms with Crippen molar-refractivity contribution in [3.63, 3.8) is 0 Å². The number of rotatable bonds is 4. The van der Waals surface area contributed by atoms with Crippen molar-refractivity contribution in [3.8, 4) is 0 Å². The fourth-order valence-corrected chi connectivity index (χ4v) is 1.50. The monoisotopic (exact) mass is 353 g/mol. The molecule has 0 heterocycles. The van der Waals surface area contributed by atoms with Gasteiger partial charge in [-0.25, -0.2) is 9.59 Å². The van der Waals surface area contributed by atoms with Crippen LogP contribution in [0.25, 0.3) is 0 Å². The van der Waals surface area contributed by atoms with E-state index in [0.29, 0.717) is 0 Å². The highest BCUT2D eigenvalue weighted by Crippen LogP contribution is 2.18. The second-order valence-electron chi connectivity index (χ2n) is 4.15. The second kappa shape index (κ2) is 7.68. The largest absolute Gasteiger partial charge is 0.452 e. The first kappa shape index (κ1) is 18.6. The molecule has 1 rings (SSSR count). The lowest BCUT2D eigenvalue weighted by Gasteiger charge is -2.10.